The summed E-state index contributed by atoms with van der Waals surface area (Å²) in [5.74, 6) is 3.17. The maximum absolute atomic E-state index is 12.3. The monoisotopic (exact) mass is 404 g/mol. The van der Waals surface area contributed by atoms with Crippen molar-refractivity contribution in [3.8, 4) is 18.4 Å². The van der Waals surface area contributed by atoms with Crippen LogP contribution in [-0.2, 0) is 0 Å². The summed E-state index contributed by atoms with van der Waals surface area (Å²) in [6, 6.07) is 8.26. The van der Waals surface area contributed by atoms with Gasteiger partial charge in [0.2, 0.25) is 5.82 Å². The first kappa shape index (κ1) is 24.6. The van der Waals surface area contributed by atoms with E-state index >= 15 is 0 Å². The van der Waals surface area contributed by atoms with Gasteiger partial charge in [0.15, 0.2) is 0 Å². The Morgan fingerprint density at radius 1 is 1.30 bits per heavy atom. The first-order chi connectivity index (χ1) is 14.1. The summed E-state index contributed by atoms with van der Waals surface area (Å²) < 4.78 is 12.3. The Morgan fingerprint density at radius 3 is 2.40 bits per heavy atom. The second kappa shape index (κ2) is 11.5. The second-order valence-corrected chi connectivity index (χ2v) is 8.03. The van der Waals surface area contributed by atoms with E-state index in [-0.39, 0.29) is 17.1 Å². The van der Waals surface area contributed by atoms with Crippen molar-refractivity contribution in [1.82, 2.24) is 9.97 Å². The number of terminal acetylenes is 1. The van der Waals surface area contributed by atoms with E-state index in [2.05, 4.69) is 54.7 Å². The van der Waals surface area contributed by atoms with E-state index < -0.39 is 0 Å². The fraction of sp³-hybridized carbons (Fsp3) is 0.320. The number of rotatable bonds is 6. The molecule has 4 nitrogen and oxygen atoms in total. The molecule has 0 aliphatic heterocycles. The van der Waals surface area contributed by atoms with Crippen molar-refractivity contribution in [3.63, 3.8) is 0 Å². The minimum atomic E-state index is -0.204. The van der Waals surface area contributed by atoms with Gasteiger partial charge >= 0.3 is 0 Å². The highest BCUT2D eigenvalue weighted by Gasteiger charge is 2.20. The van der Waals surface area contributed by atoms with Crippen LogP contribution in [0, 0.1) is 34.9 Å². The Labute approximate surface area is 179 Å². The van der Waals surface area contributed by atoms with Crippen LogP contribution < -0.4 is 4.90 Å². The van der Waals surface area contributed by atoms with Crippen LogP contribution in [0.5, 0.6) is 0 Å². The third-order valence-corrected chi connectivity index (χ3v) is 3.93. The molecule has 5 heteroatoms. The number of aromatic nitrogens is 2. The van der Waals surface area contributed by atoms with Crippen LogP contribution in [0.15, 0.2) is 49.7 Å². The number of nitriles is 1. The molecule has 0 radical (unpaired) electrons. The molecule has 0 bridgehead atoms. The van der Waals surface area contributed by atoms with Gasteiger partial charge in [-0.15, -0.1) is 13.0 Å². The van der Waals surface area contributed by atoms with E-state index in [9.17, 15) is 4.39 Å². The van der Waals surface area contributed by atoms with Gasteiger partial charge in [-0.1, -0.05) is 57.1 Å². The molecule has 30 heavy (non-hydrogen) atoms. The standard InChI is InChI=1S/C16H20N4.C9H9F/c1-6-8-9-20(12-16(3,4)5)15-13(7-2)11-18-14(10-17)19-15;1-7(2)8-3-5-9(10)6-4-8/h2,6,11H,1,8-9,12H2,3-5H3;3-6H,1H2,2H3. The van der Waals surface area contributed by atoms with E-state index in [1.165, 1.54) is 18.3 Å². The van der Waals surface area contributed by atoms with Crippen molar-refractivity contribution in [2.75, 3.05) is 18.0 Å². The molecule has 156 valence electrons. The topological polar surface area (TPSA) is 52.8 Å². The van der Waals surface area contributed by atoms with Crippen LogP contribution in [0.1, 0.15) is 51.1 Å². The van der Waals surface area contributed by atoms with Crippen molar-refractivity contribution in [2.24, 2.45) is 5.41 Å². The highest BCUT2D eigenvalue weighted by atomic mass is 19.1. The van der Waals surface area contributed by atoms with Gasteiger partial charge in [-0.25, -0.2) is 14.4 Å². The molecule has 1 aromatic heterocycles. The molecule has 0 aliphatic carbocycles. The average molecular weight is 405 g/mol. The second-order valence-electron chi connectivity index (χ2n) is 8.03. The number of allylic oxidation sites excluding steroid dienone is 1. The van der Waals surface area contributed by atoms with Crippen LogP contribution in [0.3, 0.4) is 0 Å². The van der Waals surface area contributed by atoms with E-state index in [1.54, 1.807) is 12.1 Å². The quantitative estimate of drug-likeness (QED) is 0.463. The van der Waals surface area contributed by atoms with Crippen molar-refractivity contribution < 1.29 is 4.39 Å². The summed E-state index contributed by atoms with van der Waals surface area (Å²) in [5, 5.41) is 8.95. The Balaban J connectivity index is 0.000000375. The first-order valence-electron chi connectivity index (χ1n) is 9.62. The summed E-state index contributed by atoms with van der Waals surface area (Å²) >= 11 is 0. The van der Waals surface area contributed by atoms with Crippen LogP contribution in [-0.4, -0.2) is 23.1 Å². The molecule has 0 aliphatic rings. The fourth-order valence-electron chi connectivity index (χ4n) is 2.58. The average Bonchev–Trinajstić information content (AvgIpc) is 2.70. The Hall–Kier alpha value is -3.44. The van der Waals surface area contributed by atoms with Crippen LogP contribution in [0.2, 0.25) is 0 Å². The van der Waals surface area contributed by atoms with Gasteiger partial charge in [0, 0.05) is 19.3 Å². The number of anilines is 1. The number of nitrogens with zero attached hydrogens (tertiary/aromatic N) is 4. The highest BCUT2D eigenvalue weighted by molar-refractivity contribution is 5.60. The Kier molecular flexibility index (Phi) is 9.46. The molecule has 0 spiro atoms. The maximum Gasteiger partial charge on any atom is 0.234 e. The number of benzene rings is 1. The normalized spacial score (nSPS) is 10.1. The predicted molar refractivity (Wildman–Crippen MR) is 122 cm³/mol. The van der Waals surface area contributed by atoms with E-state index in [0.717, 1.165) is 30.6 Å². The lowest BCUT2D eigenvalue weighted by Gasteiger charge is -2.31. The van der Waals surface area contributed by atoms with Gasteiger partial charge in [0.05, 0.1) is 5.56 Å². The molecule has 0 saturated carbocycles. The van der Waals surface area contributed by atoms with Crippen molar-refractivity contribution in [3.05, 3.63) is 72.5 Å². The lowest BCUT2D eigenvalue weighted by Crippen LogP contribution is -2.34. The zero-order valence-corrected chi connectivity index (χ0v) is 18.2. The molecule has 0 atom stereocenters. The molecule has 1 aromatic carbocycles. The number of hydrogen-bond donors (Lipinski definition) is 0. The lowest BCUT2D eigenvalue weighted by molar-refractivity contribution is 0.409. The fourth-order valence-corrected chi connectivity index (χ4v) is 2.58. The van der Waals surface area contributed by atoms with Gasteiger partial charge in [0.25, 0.3) is 0 Å². The summed E-state index contributed by atoms with van der Waals surface area (Å²) in [6.07, 6.45) is 9.73. The first-order valence-corrected chi connectivity index (χ1v) is 9.62. The van der Waals surface area contributed by atoms with Gasteiger partial charge in [-0.2, -0.15) is 5.26 Å². The third-order valence-electron chi connectivity index (χ3n) is 3.93. The van der Waals surface area contributed by atoms with Crippen LogP contribution in [0.25, 0.3) is 5.57 Å². The maximum atomic E-state index is 12.3. The number of halogens is 1. The molecular weight excluding hydrogens is 375 g/mol. The minimum Gasteiger partial charge on any atom is -0.355 e. The summed E-state index contributed by atoms with van der Waals surface area (Å²) in [7, 11) is 0. The van der Waals surface area contributed by atoms with Crippen LogP contribution in [0.4, 0.5) is 10.2 Å². The summed E-state index contributed by atoms with van der Waals surface area (Å²) in [4.78, 5) is 10.3. The molecular formula is C25H29FN4. The van der Waals surface area contributed by atoms with Crippen molar-refractivity contribution >= 4 is 11.4 Å². The highest BCUT2D eigenvalue weighted by Crippen LogP contribution is 2.23. The minimum absolute atomic E-state index is 0.0881. The molecule has 0 unspecified atom stereocenters. The molecule has 1 heterocycles. The summed E-state index contributed by atoms with van der Waals surface area (Å²) in [6.45, 7) is 17.4. The zero-order chi connectivity index (χ0) is 22.7. The van der Waals surface area contributed by atoms with Gasteiger partial charge < -0.3 is 4.90 Å². The van der Waals surface area contributed by atoms with E-state index in [0.29, 0.717) is 11.4 Å². The van der Waals surface area contributed by atoms with E-state index in [4.69, 9.17) is 11.7 Å². The molecule has 0 amide bonds. The molecule has 2 aromatic rings. The molecule has 0 N–H and O–H groups in total. The van der Waals surface area contributed by atoms with Gasteiger partial charge in [-0.3, -0.25) is 0 Å². The number of hydrogen-bond acceptors (Lipinski definition) is 4. The predicted octanol–water partition coefficient (Wildman–Crippen LogP) is 5.62. The van der Waals surface area contributed by atoms with Crippen LogP contribution >= 0.6 is 0 Å². The zero-order valence-electron chi connectivity index (χ0n) is 18.2. The summed E-state index contributed by atoms with van der Waals surface area (Å²) in [5.41, 5.74) is 2.64. The lowest BCUT2D eigenvalue weighted by atomic mass is 9.95. The SMILES string of the molecule is C#Cc1cnc(C#N)nc1N(CCC=C)CC(C)(C)C.C=C(C)c1ccc(F)cc1. The Bertz CT molecular complexity index is 941. The van der Waals surface area contributed by atoms with E-state index in [1.807, 2.05) is 19.1 Å². The van der Waals surface area contributed by atoms with Gasteiger partial charge in [0.1, 0.15) is 17.7 Å². The van der Waals surface area contributed by atoms with Crippen molar-refractivity contribution in [2.45, 2.75) is 34.1 Å². The largest absolute Gasteiger partial charge is 0.355 e. The third kappa shape index (κ3) is 8.29. The molecule has 0 fully saturated rings. The van der Waals surface area contributed by atoms with Gasteiger partial charge in [-0.05, 0) is 36.5 Å². The van der Waals surface area contributed by atoms with Crippen molar-refractivity contribution in [1.29, 1.82) is 5.26 Å². The molecule has 0 saturated heterocycles. The molecule has 2 rings (SSSR count). The smallest absolute Gasteiger partial charge is 0.234 e. The Morgan fingerprint density at radius 2 is 1.93 bits per heavy atom.